The highest BCUT2D eigenvalue weighted by Gasteiger charge is 2.31. The monoisotopic (exact) mass is 345 g/mol. The quantitative estimate of drug-likeness (QED) is 0.831. The van der Waals surface area contributed by atoms with Crippen LogP contribution in [-0.4, -0.2) is 25.0 Å². The van der Waals surface area contributed by atoms with Crippen LogP contribution >= 0.6 is 23.2 Å². The average molecular weight is 346 g/mol. The zero-order valence-corrected chi connectivity index (χ0v) is 12.4. The van der Waals surface area contributed by atoms with E-state index in [-0.39, 0.29) is 28.6 Å². The number of alkyl halides is 3. The number of nitrogens with two attached hydrogens (primary N) is 1. The fourth-order valence-corrected chi connectivity index (χ4v) is 2.14. The highest BCUT2D eigenvalue weighted by atomic mass is 35.5. The van der Waals surface area contributed by atoms with Crippen LogP contribution in [0.25, 0.3) is 0 Å². The summed E-state index contributed by atoms with van der Waals surface area (Å²) in [6, 6.07) is 0.886. The Kier molecular flexibility index (Phi) is 6.12. The molecule has 0 saturated carbocycles. The first-order chi connectivity index (χ1) is 9.64. The number of ether oxygens (including phenoxy) is 2. The maximum absolute atomic E-state index is 12.1. The van der Waals surface area contributed by atoms with Gasteiger partial charge in [0, 0.05) is 16.5 Å². The molecule has 1 atom stereocenters. The smallest absolute Gasteiger partial charge is 0.465 e. The van der Waals surface area contributed by atoms with E-state index >= 15 is 0 Å². The van der Waals surface area contributed by atoms with Gasteiger partial charge in [-0.3, -0.25) is 4.79 Å². The maximum Gasteiger partial charge on any atom is 0.573 e. The van der Waals surface area contributed by atoms with Gasteiger partial charge < -0.3 is 15.2 Å². The average Bonchev–Trinajstić information content (AvgIpc) is 2.31. The van der Waals surface area contributed by atoms with Crippen LogP contribution in [0.15, 0.2) is 12.1 Å². The summed E-state index contributed by atoms with van der Waals surface area (Å²) in [6.45, 7) is 1.78. The normalized spacial score (nSPS) is 12.9. The van der Waals surface area contributed by atoms with E-state index in [0.717, 1.165) is 12.1 Å². The molecule has 118 valence electrons. The molecule has 0 bridgehead atoms. The summed E-state index contributed by atoms with van der Waals surface area (Å²) in [5.41, 5.74) is 5.85. The lowest BCUT2D eigenvalue weighted by Crippen LogP contribution is -2.34. The van der Waals surface area contributed by atoms with Crippen LogP contribution in [0.2, 0.25) is 10.0 Å². The number of rotatable bonds is 5. The number of carbonyl (C=O) groups is 1. The molecule has 1 rings (SSSR count). The van der Waals surface area contributed by atoms with Crippen molar-refractivity contribution in [3.63, 3.8) is 0 Å². The van der Waals surface area contributed by atoms with Gasteiger partial charge in [-0.2, -0.15) is 0 Å². The van der Waals surface area contributed by atoms with E-state index in [9.17, 15) is 18.0 Å². The van der Waals surface area contributed by atoms with Gasteiger partial charge in [0.1, 0.15) is 11.8 Å². The number of carbonyl (C=O) groups excluding carboxylic acids is 1. The van der Waals surface area contributed by atoms with Gasteiger partial charge in [-0.15, -0.1) is 13.2 Å². The second-order valence-corrected chi connectivity index (χ2v) is 4.79. The highest BCUT2D eigenvalue weighted by molar-refractivity contribution is 6.36. The predicted molar refractivity (Wildman–Crippen MR) is 71.5 cm³/mol. The molecule has 0 saturated heterocycles. The van der Waals surface area contributed by atoms with Crippen molar-refractivity contribution in [3.8, 4) is 5.75 Å². The molecular weight excluding hydrogens is 334 g/mol. The van der Waals surface area contributed by atoms with E-state index in [2.05, 4.69) is 4.74 Å². The van der Waals surface area contributed by atoms with Crippen molar-refractivity contribution in [1.82, 2.24) is 0 Å². The third-order valence-corrected chi connectivity index (χ3v) is 3.04. The fourth-order valence-electron chi connectivity index (χ4n) is 1.52. The number of esters is 1. The minimum absolute atomic E-state index is 0.0667. The highest BCUT2D eigenvalue weighted by Crippen LogP contribution is 2.33. The molecule has 1 unspecified atom stereocenters. The molecule has 0 radical (unpaired) electrons. The van der Waals surface area contributed by atoms with Crippen LogP contribution in [0.3, 0.4) is 0 Å². The minimum Gasteiger partial charge on any atom is -0.465 e. The van der Waals surface area contributed by atoms with Crippen LogP contribution in [0.5, 0.6) is 5.75 Å². The molecular formula is C12H12Cl2F3NO3. The van der Waals surface area contributed by atoms with Gasteiger partial charge in [0.05, 0.1) is 6.61 Å². The summed E-state index contributed by atoms with van der Waals surface area (Å²) in [7, 11) is 0. The molecule has 0 amide bonds. The topological polar surface area (TPSA) is 61.5 Å². The zero-order chi connectivity index (χ0) is 16.2. The van der Waals surface area contributed by atoms with Crippen molar-refractivity contribution >= 4 is 29.2 Å². The van der Waals surface area contributed by atoms with Gasteiger partial charge in [0.25, 0.3) is 0 Å². The molecule has 21 heavy (non-hydrogen) atoms. The molecule has 1 aromatic rings. The SMILES string of the molecule is CCOC(=O)C(N)Cc1c(Cl)cc(OC(F)(F)F)cc1Cl. The van der Waals surface area contributed by atoms with Gasteiger partial charge in [-0.1, -0.05) is 23.2 Å². The first-order valence-corrected chi connectivity index (χ1v) is 6.55. The lowest BCUT2D eigenvalue weighted by atomic mass is 10.1. The predicted octanol–water partition coefficient (Wildman–Crippen LogP) is 3.32. The Morgan fingerprint density at radius 2 is 1.86 bits per heavy atom. The lowest BCUT2D eigenvalue weighted by Gasteiger charge is -2.15. The molecule has 0 aliphatic heterocycles. The number of halogens is 5. The second-order valence-electron chi connectivity index (χ2n) is 3.98. The number of hydrogen-bond donors (Lipinski definition) is 1. The molecule has 0 aliphatic rings. The molecule has 0 aliphatic carbocycles. The summed E-state index contributed by atoms with van der Waals surface area (Å²) in [6.07, 6.45) is -4.92. The minimum atomic E-state index is -4.85. The van der Waals surface area contributed by atoms with Crippen LogP contribution in [0.4, 0.5) is 13.2 Å². The Morgan fingerprint density at radius 1 is 1.33 bits per heavy atom. The third kappa shape index (κ3) is 5.61. The van der Waals surface area contributed by atoms with E-state index in [0.29, 0.717) is 0 Å². The molecule has 4 nitrogen and oxygen atoms in total. The lowest BCUT2D eigenvalue weighted by molar-refractivity contribution is -0.274. The van der Waals surface area contributed by atoms with E-state index < -0.39 is 24.1 Å². The van der Waals surface area contributed by atoms with Gasteiger partial charge >= 0.3 is 12.3 Å². The molecule has 1 aromatic carbocycles. The van der Waals surface area contributed by atoms with Gasteiger partial charge in [-0.25, -0.2) is 0 Å². The van der Waals surface area contributed by atoms with Crippen LogP contribution < -0.4 is 10.5 Å². The zero-order valence-electron chi connectivity index (χ0n) is 10.8. The fraction of sp³-hybridized carbons (Fsp3) is 0.417. The summed E-state index contributed by atoms with van der Waals surface area (Å²) in [4.78, 5) is 11.4. The summed E-state index contributed by atoms with van der Waals surface area (Å²) < 4.78 is 44.8. The Hall–Kier alpha value is -1.18. The van der Waals surface area contributed by atoms with Crippen molar-refractivity contribution in [3.05, 3.63) is 27.7 Å². The Balaban J connectivity index is 2.92. The molecule has 0 spiro atoms. The van der Waals surface area contributed by atoms with E-state index in [1.54, 1.807) is 6.92 Å². The molecule has 9 heteroatoms. The first-order valence-electron chi connectivity index (χ1n) is 5.80. The maximum atomic E-state index is 12.1. The largest absolute Gasteiger partial charge is 0.573 e. The Morgan fingerprint density at radius 3 is 2.29 bits per heavy atom. The van der Waals surface area contributed by atoms with Crippen molar-refractivity contribution < 1.29 is 27.4 Å². The first kappa shape index (κ1) is 17.9. The molecule has 0 heterocycles. The Bertz CT molecular complexity index is 500. The summed E-state index contributed by atoms with van der Waals surface area (Å²) >= 11 is 11.7. The van der Waals surface area contributed by atoms with E-state index in [4.69, 9.17) is 33.7 Å². The van der Waals surface area contributed by atoms with Crippen molar-refractivity contribution in [2.24, 2.45) is 5.73 Å². The van der Waals surface area contributed by atoms with Crippen LogP contribution in [-0.2, 0) is 16.0 Å². The van der Waals surface area contributed by atoms with Crippen molar-refractivity contribution in [1.29, 1.82) is 0 Å². The van der Waals surface area contributed by atoms with Crippen LogP contribution in [0, 0.1) is 0 Å². The van der Waals surface area contributed by atoms with Gasteiger partial charge in [-0.05, 0) is 24.6 Å². The second kappa shape index (κ2) is 7.20. The molecule has 2 N–H and O–H groups in total. The summed E-state index contributed by atoms with van der Waals surface area (Å²) in [5.74, 6) is -1.20. The van der Waals surface area contributed by atoms with Crippen LogP contribution in [0.1, 0.15) is 12.5 Å². The van der Waals surface area contributed by atoms with Gasteiger partial charge in [0.15, 0.2) is 0 Å². The van der Waals surface area contributed by atoms with E-state index in [1.165, 1.54) is 0 Å². The number of benzene rings is 1. The standard InChI is InChI=1S/C12H12Cl2F3NO3/c1-2-20-11(19)10(18)5-7-8(13)3-6(4-9(7)14)21-12(15,16)17/h3-4,10H,2,5,18H2,1H3. The van der Waals surface area contributed by atoms with Gasteiger partial charge in [0.2, 0.25) is 0 Å². The van der Waals surface area contributed by atoms with E-state index in [1.807, 2.05) is 0 Å². The number of hydrogen-bond acceptors (Lipinski definition) is 4. The molecule has 0 fully saturated rings. The molecule has 0 aromatic heterocycles. The Labute approximate surface area is 128 Å². The van der Waals surface area contributed by atoms with Crippen molar-refractivity contribution in [2.45, 2.75) is 25.7 Å². The third-order valence-electron chi connectivity index (χ3n) is 2.36. The van der Waals surface area contributed by atoms with Crippen molar-refractivity contribution in [2.75, 3.05) is 6.61 Å². The summed E-state index contributed by atoms with van der Waals surface area (Å²) in [5, 5.41) is -0.164.